The Morgan fingerprint density at radius 3 is 2.58 bits per heavy atom. The van der Waals surface area contributed by atoms with Gasteiger partial charge in [-0.2, -0.15) is 5.26 Å². The molecular weight excluding hydrogens is 394 g/mol. The van der Waals surface area contributed by atoms with Crippen molar-refractivity contribution in [2.75, 3.05) is 19.7 Å². The van der Waals surface area contributed by atoms with E-state index in [9.17, 15) is 14.9 Å². The highest BCUT2D eigenvalue weighted by atomic mass is 16.5. The number of nitrogens with two attached hydrogens (primary N) is 1. The van der Waals surface area contributed by atoms with Crippen LogP contribution in [-0.4, -0.2) is 36.3 Å². The van der Waals surface area contributed by atoms with Gasteiger partial charge in [-0.15, -0.1) is 0 Å². The molecule has 2 heterocycles. The minimum absolute atomic E-state index is 0.00419. The van der Waals surface area contributed by atoms with E-state index in [0.717, 1.165) is 31.5 Å². The molecule has 0 bridgehead atoms. The largest absolute Gasteiger partial charge is 0.484 e. The third-order valence-corrected chi connectivity index (χ3v) is 6.11. The number of nitrogens with zero attached hydrogens (tertiary/aromatic N) is 2. The van der Waals surface area contributed by atoms with Crippen molar-refractivity contribution in [3.63, 3.8) is 0 Å². The Morgan fingerprint density at radius 1 is 1.26 bits per heavy atom. The highest BCUT2D eigenvalue weighted by Crippen LogP contribution is 2.47. The number of rotatable bonds is 4. The van der Waals surface area contributed by atoms with E-state index in [-0.39, 0.29) is 35.2 Å². The molecule has 3 aliphatic rings. The van der Waals surface area contributed by atoms with E-state index in [1.165, 1.54) is 0 Å². The third-order valence-electron chi connectivity index (χ3n) is 6.11. The molecule has 1 saturated heterocycles. The van der Waals surface area contributed by atoms with Crippen molar-refractivity contribution >= 4 is 11.7 Å². The molecule has 7 heteroatoms. The molecule has 0 aromatic heterocycles. The predicted molar refractivity (Wildman–Crippen MR) is 113 cm³/mol. The number of carbonyl (C=O) groups is 2. The minimum Gasteiger partial charge on any atom is -0.484 e. The first kappa shape index (κ1) is 21.0. The molecule has 1 atom stereocenters. The number of nitriles is 1. The first-order valence-corrected chi connectivity index (χ1v) is 10.6. The maximum atomic E-state index is 13.0. The Labute approximate surface area is 182 Å². The molecule has 162 valence electrons. The zero-order valence-electron chi connectivity index (χ0n) is 17.9. The lowest BCUT2D eigenvalue weighted by Gasteiger charge is -2.37. The SMILES string of the molecule is CC1(C)CC(=O)C2=C(C1)OC(N)=C(C#N)C2c1ccc(OCC(=O)N2CCCC2)cc1. The minimum atomic E-state index is -0.558. The Balaban J connectivity index is 1.57. The molecule has 0 spiro atoms. The molecule has 2 N–H and O–H groups in total. The predicted octanol–water partition coefficient (Wildman–Crippen LogP) is 3.14. The van der Waals surface area contributed by atoms with Crippen LogP contribution < -0.4 is 10.5 Å². The first-order chi connectivity index (χ1) is 14.8. The standard InChI is InChI=1S/C24H27N3O4/c1-24(2)11-18(28)22-19(12-24)31-23(26)17(13-25)21(22)15-5-7-16(8-6-15)30-14-20(29)27-9-3-4-10-27/h5-8,21H,3-4,9-12,14,26H2,1-2H3. The number of allylic oxidation sites excluding steroid dienone is 3. The van der Waals surface area contributed by atoms with Crippen molar-refractivity contribution in [2.45, 2.75) is 45.4 Å². The number of hydrogen-bond acceptors (Lipinski definition) is 6. The normalized spacial score (nSPS) is 22.7. The van der Waals surface area contributed by atoms with Crippen molar-refractivity contribution < 1.29 is 19.1 Å². The Kier molecular flexibility index (Phi) is 5.48. The monoisotopic (exact) mass is 421 g/mol. The second kappa shape index (κ2) is 8.10. The van der Waals surface area contributed by atoms with Gasteiger partial charge in [0.25, 0.3) is 5.91 Å². The molecule has 1 aromatic rings. The number of hydrogen-bond donors (Lipinski definition) is 1. The van der Waals surface area contributed by atoms with Crippen molar-refractivity contribution in [1.82, 2.24) is 4.90 Å². The van der Waals surface area contributed by atoms with E-state index in [0.29, 0.717) is 29.9 Å². The van der Waals surface area contributed by atoms with Gasteiger partial charge in [0, 0.05) is 31.5 Å². The second-order valence-corrected chi connectivity index (χ2v) is 9.15. The summed E-state index contributed by atoms with van der Waals surface area (Å²) in [6, 6.07) is 9.26. The van der Waals surface area contributed by atoms with Gasteiger partial charge in [0.05, 0.1) is 5.92 Å². The van der Waals surface area contributed by atoms with Gasteiger partial charge in [0.15, 0.2) is 12.4 Å². The van der Waals surface area contributed by atoms with Crippen LogP contribution in [-0.2, 0) is 14.3 Å². The van der Waals surface area contributed by atoms with E-state index < -0.39 is 5.92 Å². The zero-order valence-corrected chi connectivity index (χ0v) is 17.9. The summed E-state index contributed by atoms with van der Waals surface area (Å²) in [7, 11) is 0. The van der Waals surface area contributed by atoms with Crippen LogP contribution >= 0.6 is 0 Å². The zero-order chi connectivity index (χ0) is 22.2. The lowest BCUT2D eigenvalue weighted by Crippen LogP contribution is -2.33. The Hall–Kier alpha value is -3.27. The van der Waals surface area contributed by atoms with Gasteiger partial charge < -0.3 is 20.1 Å². The lowest BCUT2D eigenvalue weighted by molar-refractivity contribution is -0.132. The summed E-state index contributed by atoms with van der Waals surface area (Å²) in [5, 5.41) is 9.71. The van der Waals surface area contributed by atoms with Crippen molar-refractivity contribution in [3.05, 3.63) is 52.6 Å². The quantitative estimate of drug-likeness (QED) is 0.801. The van der Waals surface area contributed by atoms with E-state index in [1.54, 1.807) is 12.1 Å². The highest BCUT2D eigenvalue weighted by Gasteiger charge is 2.42. The van der Waals surface area contributed by atoms with Gasteiger partial charge in [-0.3, -0.25) is 9.59 Å². The highest BCUT2D eigenvalue weighted by molar-refractivity contribution is 6.00. The van der Waals surface area contributed by atoms with Crippen molar-refractivity contribution in [1.29, 1.82) is 5.26 Å². The van der Waals surface area contributed by atoms with Crippen LogP contribution in [0.5, 0.6) is 5.75 Å². The van der Waals surface area contributed by atoms with Crippen LogP contribution in [0.3, 0.4) is 0 Å². The van der Waals surface area contributed by atoms with Gasteiger partial charge in [-0.05, 0) is 36.0 Å². The first-order valence-electron chi connectivity index (χ1n) is 10.6. The van der Waals surface area contributed by atoms with Crippen LogP contribution in [0.25, 0.3) is 0 Å². The topological polar surface area (TPSA) is 106 Å². The molecule has 1 unspecified atom stereocenters. The van der Waals surface area contributed by atoms with Gasteiger partial charge in [-0.1, -0.05) is 26.0 Å². The molecule has 0 radical (unpaired) electrons. The summed E-state index contributed by atoms with van der Waals surface area (Å²) >= 11 is 0. The molecule has 4 rings (SSSR count). The summed E-state index contributed by atoms with van der Waals surface area (Å²) in [5.74, 6) is 0.570. The van der Waals surface area contributed by atoms with Crippen molar-refractivity contribution in [3.8, 4) is 11.8 Å². The molecular formula is C24H27N3O4. The Bertz CT molecular complexity index is 1010. The fourth-order valence-corrected chi connectivity index (χ4v) is 4.58. The summed E-state index contributed by atoms with van der Waals surface area (Å²) in [6.07, 6.45) is 3.06. The van der Waals surface area contributed by atoms with Crippen molar-refractivity contribution in [2.24, 2.45) is 11.1 Å². The average molecular weight is 421 g/mol. The molecule has 1 aromatic carbocycles. The number of benzene rings is 1. The molecule has 7 nitrogen and oxygen atoms in total. The van der Waals surface area contributed by atoms with Gasteiger partial charge in [0.2, 0.25) is 5.88 Å². The third kappa shape index (κ3) is 4.15. The number of ether oxygens (including phenoxy) is 2. The molecule has 1 aliphatic carbocycles. The van der Waals surface area contributed by atoms with Crippen LogP contribution in [0.2, 0.25) is 0 Å². The molecule has 1 fully saturated rings. The van der Waals surface area contributed by atoms with E-state index in [2.05, 4.69) is 6.07 Å². The summed E-state index contributed by atoms with van der Waals surface area (Å²) in [5.41, 5.74) is 7.36. The smallest absolute Gasteiger partial charge is 0.260 e. The van der Waals surface area contributed by atoms with E-state index >= 15 is 0 Å². The number of Topliss-reactive ketones (excluding diaryl/α,β-unsaturated/α-hetero) is 1. The van der Waals surface area contributed by atoms with Gasteiger partial charge in [0.1, 0.15) is 23.2 Å². The molecule has 31 heavy (non-hydrogen) atoms. The summed E-state index contributed by atoms with van der Waals surface area (Å²) in [4.78, 5) is 27.0. The van der Waals surface area contributed by atoms with Crippen LogP contribution in [0.4, 0.5) is 0 Å². The fourth-order valence-electron chi connectivity index (χ4n) is 4.58. The van der Waals surface area contributed by atoms with Gasteiger partial charge >= 0.3 is 0 Å². The number of ketones is 1. The van der Waals surface area contributed by atoms with Gasteiger partial charge in [-0.25, -0.2) is 0 Å². The van der Waals surface area contributed by atoms with Crippen LogP contribution in [0.15, 0.2) is 47.1 Å². The van der Waals surface area contributed by atoms with Crippen LogP contribution in [0, 0.1) is 16.7 Å². The fraction of sp³-hybridized carbons (Fsp3) is 0.458. The maximum Gasteiger partial charge on any atom is 0.260 e. The number of amides is 1. The second-order valence-electron chi connectivity index (χ2n) is 9.15. The lowest BCUT2D eigenvalue weighted by atomic mass is 9.70. The summed E-state index contributed by atoms with van der Waals surface area (Å²) < 4.78 is 11.4. The Morgan fingerprint density at radius 2 is 1.94 bits per heavy atom. The molecule has 0 saturated carbocycles. The molecule has 1 amide bonds. The van der Waals surface area contributed by atoms with E-state index in [1.807, 2.05) is 30.9 Å². The van der Waals surface area contributed by atoms with E-state index in [4.69, 9.17) is 15.2 Å². The number of likely N-dealkylation sites (tertiary alicyclic amines) is 1. The molecule has 2 aliphatic heterocycles. The maximum absolute atomic E-state index is 13.0. The van der Waals surface area contributed by atoms with Crippen LogP contribution in [0.1, 0.15) is 51.0 Å². The number of carbonyl (C=O) groups excluding carboxylic acids is 2. The summed E-state index contributed by atoms with van der Waals surface area (Å²) in [6.45, 7) is 5.61. The average Bonchev–Trinajstić information content (AvgIpc) is 3.25.